The minimum absolute atomic E-state index is 0.418. The Morgan fingerprint density at radius 2 is 1.87 bits per heavy atom. The van der Waals surface area contributed by atoms with Gasteiger partial charge >= 0.3 is 5.63 Å². The van der Waals surface area contributed by atoms with Crippen molar-refractivity contribution in [1.29, 1.82) is 0 Å². The largest absolute Gasteiger partial charge is 0.359 e. The molecular weight excluding hydrogens is 190 g/mol. The molecule has 0 saturated carbocycles. The Bertz CT molecular complexity index is 700. The molecule has 0 spiro atoms. The lowest BCUT2D eigenvalue weighted by Gasteiger charge is -2.00. The maximum atomic E-state index is 11.1. The van der Waals surface area contributed by atoms with Crippen LogP contribution in [0.2, 0.25) is 0 Å². The number of aromatic nitrogens is 1. The third kappa shape index (κ3) is 1.21. The van der Waals surface area contributed by atoms with Gasteiger partial charge in [-0.05, 0) is 16.8 Å². The zero-order chi connectivity index (χ0) is 10.3. The highest BCUT2D eigenvalue weighted by Crippen LogP contribution is 2.22. The van der Waals surface area contributed by atoms with Gasteiger partial charge in [0.05, 0.1) is 0 Å². The maximum Gasteiger partial charge on any atom is 0.359 e. The standard InChI is InChI=1S/C12H7NO2/c14-12-7-10-9-4-2-1-3-8(9)5-6-11(10)13-15-12/h1-7H. The number of hydrogen-bond donors (Lipinski definition) is 0. The van der Waals surface area contributed by atoms with Crippen LogP contribution in [0.1, 0.15) is 0 Å². The Labute approximate surface area is 84.9 Å². The average molecular weight is 197 g/mol. The van der Waals surface area contributed by atoms with Crippen molar-refractivity contribution in [3.05, 3.63) is 52.9 Å². The topological polar surface area (TPSA) is 43.1 Å². The van der Waals surface area contributed by atoms with Gasteiger partial charge in [-0.1, -0.05) is 35.5 Å². The van der Waals surface area contributed by atoms with Crippen LogP contribution in [0.5, 0.6) is 0 Å². The summed E-state index contributed by atoms with van der Waals surface area (Å²) in [4.78, 5) is 11.1. The molecule has 0 aliphatic carbocycles. The molecule has 0 saturated heterocycles. The fourth-order valence-corrected chi connectivity index (χ4v) is 1.75. The third-order valence-electron chi connectivity index (χ3n) is 2.44. The van der Waals surface area contributed by atoms with Gasteiger partial charge in [-0.2, -0.15) is 0 Å². The van der Waals surface area contributed by atoms with Crippen LogP contribution in [0.3, 0.4) is 0 Å². The van der Waals surface area contributed by atoms with E-state index in [0.717, 1.165) is 16.2 Å². The summed E-state index contributed by atoms with van der Waals surface area (Å²) in [6, 6.07) is 13.2. The summed E-state index contributed by atoms with van der Waals surface area (Å²) in [5.74, 6) is 0. The number of rotatable bonds is 0. The van der Waals surface area contributed by atoms with Crippen molar-refractivity contribution < 1.29 is 4.52 Å². The van der Waals surface area contributed by atoms with E-state index in [4.69, 9.17) is 0 Å². The van der Waals surface area contributed by atoms with E-state index in [2.05, 4.69) is 9.68 Å². The van der Waals surface area contributed by atoms with Crippen molar-refractivity contribution in [2.75, 3.05) is 0 Å². The van der Waals surface area contributed by atoms with Gasteiger partial charge in [0.15, 0.2) is 0 Å². The van der Waals surface area contributed by atoms with Gasteiger partial charge in [-0.25, -0.2) is 4.79 Å². The number of benzene rings is 2. The highest BCUT2D eigenvalue weighted by molar-refractivity contribution is 6.05. The minimum atomic E-state index is -0.418. The molecule has 0 amide bonds. The Balaban J connectivity index is 2.63. The predicted octanol–water partition coefficient (Wildman–Crippen LogP) is 2.34. The molecule has 2 aromatic carbocycles. The zero-order valence-electron chi connectivity index (χ0n) is 7.81. The first-order valence-electron chi connectivity index (χ1n) is 4.63. The van der Waals surface area contributed by atoms with Crippen molar-refractivity contribution in [3.63, 3.8) is 0 Å². The average Bonchev–Trinajstić information content (AvgIpc) is 2.29. The lowest BCUT2D eigenvalue weighted by molar-refractivity contribution is 0.382. The second kappa shape index (κ2) is 2.92. The van der Waals surface area contributed by atoms with Gasteiger partial charge in [0.2, 0.25) is 0 Å². The first-order valence-corrected chi connectivity index (χ1v) is 4.63. The maximum absolute atomic E-state index is 11.1. The van der Waals surface area contributed by atoms with Crippen molar-refractivity contribution in [1.82, 2.24) is 5.16 Å². The molecule has 0 aliphatic heterocycles. The summed E-state index contributed by atoms with van der Waals surface area (Å²) in [6.07, 6.45) is 0. The molecule has 0 bridgehead atoms. The van der Waals surface area contributed by atoms with Gasteiger partial charge in [-0.3, -0.25) is 0 Å². The molecule has 3 aromatic rings. The van der Waals surface area contributed by atoms with E-state index in [1.165, 1.54) is 6.07 Å². The van der Waals surface area contributed by atoms with Gasteiger partial charge < -0.3 is 4.52 Å². The van der Waals surface area contributed by atoms with Gasteiger partial charge in [0, 0.05) is 11.5 Å². The molecule has 3 nitrogen and oxygen atoms in total. The van der Waals surface area contributed by atoms with Crippen LogP contribution in [0.4, 0.5) is 0 Å². The number of nitrogens with zero attached hydrogens (tertiary/aromatic N) is 1. The van der Waals surface area contributed by atoms with Gasteiger partial charge in [-0.15, -0.1) is 0 Å². The molecule has 1 aromatic heterocycles. The van der Waals surface area contributed by atoms with Crippen LogP contribution in [-0.2, 0) is 0 Å². The van der Waals surface area contributed by atoms with Gasteiger partial charge in [0.25, 0.3) is 0 Å². The van der Waals surface area contributed by atoms with Crippen molar-refractivity contribution in [3.8, 4) is 0 Å². The van der Waals surface area contributed by atoms with Crippen LogP contribution < -0.4 is 5.63 Å². The lowest BCUT2D eigenvalue weighted by Crippen LogP contribution is -1.97. The molecule has 15 heavy (non-hydrogen) atoms. The highest BCUT2D eigenvalue weighted by Gasteiger charge is 2.02. The second-order valence-electron chi connectivity index (χ2n) is 3.37. The van der Waals surface area contributed by atoms with E-state index in [0.29, 0.717) is 5.52 Å². The molecule has 3 heteroatoms. The highest BCUT2D eigenvalue weighted by atomic mass is 16.5. The Kier molecular flexibility index (Phi) is 1.59. The fraction of sp³-hybridized carbons (Fsp3) is 0. The van der Waals surface area contributed by atoms with E-state index in [9.17, 15) is 4.79 Å². The summed E-state index contributed by atoms with van der Waals surface area (Å²) < 4.78 is 4.58. The van der Waals surface area contributed by atoms with Crippen LogP contribution >= 0.6 is 0 Å². The number of hydrogen-bond acceptors (Lipinski definition) is 3. The molecule has 0 aliphatic rings. The predicted molar refractivity (Wildman–Crippen MR) is 57.8 cm³/mol. The first-order chi connectivity index (χ1) is 7.34. The summed E-state index contributed by atoms with van der Waals surface area (Å²) in [6.45, 7) is 0. The monoisotopic (exact) mass is 197 g/mol. The molecule has 0 N–H and O–H groups in total. The van der Waals surface area contributed by atoms with E-state index in [1.54, 1.807) is 0 Å². The van der Waals surface area contributed by atoms with Crippen molar-refractivity contribution in [2.45, 2.75) is 0 Å². The summed E-state index contributed by atoms with van der Waals surface area (Å²) in [5.41, 5.74) is 0.284. The van der Waals surface area contributed by atoms with Crippen LogP contribution in [-0.4, -0.2) is 5.16 Å². The minimum Gasteiger partial charge on any atom is -0.313 e. The SMILES string of the molecule is O=c1cc2c(ccc3ccccc32)no1. The Morgan fingerprint density at radius 3 is 2.80 bits per heavy atom. The second-order valence-corrected chi connectivity index (χ2v) is 3.37. The molecule has 3 rings (SSSR count). The van der Waals surface area contributed by atoms with Crippen LogP contribution in [0, 0.1) is 0 Å². The van der Waals surface area contributed by atoms with Crippen molar-refractivity contribution >= 4 is 21.7 Å². The molecular formula is C12H7NO2. The van der Waals surface area contributed by atoms with E-state index < -0.39 is 5.63 Å². The summed E-state index contributed by atoms with van der Waals surface area (Å²) >= 11 is 0. The molecule has 0 atom stereocenters. The Hall–Kier alpha value is -2.16. The van der Waals surface area contributed by atoms with Gasteiger partial charge in [0.1, 0.15) is 5.52 Å². The van der Waals surface area contributed by atoms with Crippen molar-refractivity contribution in [2.24, 2.45) is 0 Å². The molecule has 0 radical (unpaired) electrons. The third-order valence-corrected chi connectivity index (χ3v) is 2.44. The quantitative estimate of drug-likeness (QED) is 0.519. The first kappa shape index (κ1) is 8.17. The zero-order valence-corrected chi connectivity index (χ0v) is 7.81. The molecule has 72 valence electrons. The number of fused-ring (bicyclic) bond motifs is 3. The molecule has 0 unspecified atom stereocenters. The normalized spacial score (nSPS) is 10.9. The summed E-state index contributed by atoms with van der Waals surface area (Å²) in [5, 5.41) is 6.70. The molecule has 1 heterocycles. The lowest BCUT2D eigenvalue weighted by atomic mass is 10.1. The fourth-order valence-electron chi connectivity index (χ4n) is 1.75. The van der Waals surface area contributed by atoms with E-state index >= 15 is 0 Å². The molecule has 0 fully saturated rings. The van der Waals surface area contributed by atoms with E-state index in [-0.39, 0.29) is 0 Å². The van der Waals surface area contributed by atoms with Crippen LogP contribution in [0.15, 0.2) is 51.8 Å². The van der Waals surface area contributed by atoms with E-state index in [1.807, 2.05) is 36.4 Å². The smallest absolute Gasteiger partial charge is 0.313 e. The summed E-state index contributed by atoms with van der Waals surface area (Å²) in [7, 11) is 0. The Morgan fingerprint density at radius 1 is 1.00 bits per heavy atom. The van der Waals surface area contributed by atoms with Crippen LogP contribution in [0.25, 0.3) is 21.7 Å².